The first-order valence-electron chi connectivity index (χ1n) is 9.72. The van der Waals surface area contributed by atoms with E-state index < -0.39 is 9.84 Å². The lowest BCUT2D eigenvalue weighted by Gasteiger charge is -2.10. The molecule has 0 saturated carbocycles. The second kappa shape index (κ2) is 10.4. The lowest BCUT2D eigenvalue weighted by atomic mass is 9.98. The molecular formula is C23H22Cl2N2O3S. The summed E-state index contributed by atoms with van der Waals surface area (Å²) >= 11 is 12.1. The molecule has 0 amide bonds. The van der Waals surface area contributed by atoms with Gasteiger partial charge in [0.05, 0.1) is 15.8 Å². The highest BCUT2D eigenvalue weighted by Gasteiger charge is 2.23. The maximum Gasteiger partial charge on any atom is 0.185 e. The van der Waals surface area contributed by atoms with Crippen LogP contribution in [0, 0.1) is 0 Å². The number of nitrogens with two attached hydrogens (primary N) is 1. The van der Waals surface area contributed by atoms with E-state index in [-0.39, 0.29) is 32.9 Å². The average Bonchev–Trinajstić information content (AvgIpc) is 2.72. The van der Waals surface area contributed by atoms with Crippen LogP contribution in [0.25, 0.3) is 0 Å². The number of carbonyl (C=O) groups is 1. The SMILES string of the molecule is NCCc1ccccc1CCC(=O)c1cncc(CS(=O)(=O)c2c(Cl)cccc2Cl)c1. The molecule has 31 heavy (non-hydrogen) atoms. The van der Waals surface area contributed by atoms with Gasteiger partial charge >= 0.3 is 0 Å². The topological polar surface area (TPSA) is 90.1 Å². The number of hydrogen-bond acceptors (Lipinski definition) is 5. The number of aryl methyl sites for hydroxylation is 1. The first kappa shape index (κ1) is 23.4. The number of aromatic nitrogens is 1. The van der Waals surface area contributed by atoms with Gasteiger partial charge in [0.25, 0.3) is 0 Å². The molecule has 162 valence electrons. The van der Waals surface area contributed by atoms with Gasteiger partial charge in [-0.05, 0) is 54.3 Å². The number of ketones is 1. The highest BCUT2D eigenvalue weighted by atomic mass is 35.5. The van der Waals surface area contributed by atoms with Crippen LogP contribution in [0.1, 0.15) is 33.5 Å². The highest BCUT2D eigenvalue weighted by Crippen LogP contribution is 2.31. The standard InChI is InChI=1S/C23H22Cl2N2O3S/c24-20-6-3-7-21(25)23(20)31(29,30)15-16-12-19(14-27-13-16)22(28)9-8-17-4-1-2-5-18(17)10-11-26/h1-7,12-14H,8-11,15,26H2. The molecule has 0 aliphatic heterocycles. The monoisotopic (exact) mass is 476 g/mol. The van der Waals surface area contributed by atoms with E-state index in [1.165, 1.54) is 24.5 Å². The number of carbonyl (C=O) groups excluding carboxylic acids is 1. The van der Waals surface area contributed by atoms with Crippen molar-refractivity contribution in [3.8, 4) is 0 Å². The van der Waals surface area contributed by atoms with Crippen LogP contribution in [0.5, 0.6) is 0 Å². The zero-order chi connectivity index (χ0) is 22.4. The fourth-order valence-electron chi connectivity index (χ4n) is 3.38. The van der Waals surface area contributed by atoms with Gasteiger partial charge in [-0.2, -0.15) is 0 Å². The second-order valence-corrected chi connectivity index (χ2v) is 9.86. The number of pyridine rings is 1. The molecule has 2 aromatic carbocycles. The number of halogens is 2. The quantitative estimate of drug-likeness (QED) is 0.452. The Morgan fingerprint density at radius 3 is 2.23 bits per heavy atom. The summed E-state index contributed by atoms with van der Waals surface area (Å²) in [4.78, 5) is 16.7. The van der Waals surface area contributed by atoms with Crippen molar-refractivity contribution in [3.63, 3.8) is 0 Å². The molecule has 0 fully saturated rings. The van der Waals surface area contributed by atoms with E-state index in [2.05, 4.69) is 4.98 Å². The van der Waals surface area contributed by atoms with E-state index in [4.69, 9.17) is 28.9 Å². The Bertz CT molecular complexity index is 1180. The molecule has 1 heterocycles. The maximum absolute atomic E-state index is 12.8. The lowest BCUT2D eigenvalue weighted by Crippen LogP contribution is -2.09. The van der Waals surface area contributed by atoms with Crippen LogP contribution in [0.4, 0.5) is 0 Å². The Balaban J connectivity index is 1.75. The fourth-order valence-corrected chi connectivity index (χ4v) is 5.96. The minimum absolute atomic E-state index is 0.0591. The molecule has 3 rings (SSSR count). The molecule has 3 aromatic rings. The summed E-state index contributed by atoms with van der Waals surface area (Å²) in [5, 5.41) is 0.118. The minimum Gasteiger partial charge on any atom is -0.330 e. The zero-order valence-electron chi connectivity index (χ0n) is 16.7. The van der Waals surface area contributed by atoms with E-state index in [0.717, 1.165) is 17.5 Å². The van der Waals surface area contributed by atoms with Crippen LogP contribution >= 0.6 is 23.2 Å². The van der Waals surface area contributed by atoms with Crippen LogP contribution in [-0.4, -0.2) is 25.7 Å². The van der Waals surface area contributed by atoms with Crippen LogP contribution in [0.15, 0.2) is 65.8 Å². The average molecular weight is 477 g/mol. The summed E-state index contributed by atoms with van der Waals surface area (Å²) in [7, 11) is -3.81. The molecule has 0 atom stereocenters. The van der Waals surface area contributed by atoms with Crippen LogP contribution in [-0.2, 0) is 28.4 Å². The van der Waals surface area contributed by atoms with Crippen molar-refractivity contribution in [2.75, 3.05) is 6.54 Å². The van der Waals surface area contributed by atoms with E-state index in [1.54, 1.807) is 12.1 Å². The molecule has 5 nitrogen and oxygen atoms in total. The summed E-state index contributed by atoms with van der Waals surface area (Å²) in [5.74, 6) is -0.464. The maximum atomic E-state index is 12.8. The smallest absolute Gasteiger partial charge is 0.185 e. The van der Waals surface area contributed by atoms with Crippen molar-refractivity contribution in [2.24, 2.45) is 5.73 Å². The number of sulfone groups is 1. The Labute approximate surface area is 192 Å². The Morgan fingerprint density at radius 1 is 0.935 bits per heavy atom. The van der Waals surface area contributed by atoms with E-state index in [1.807, 2.05) is 24.3 Å². The summed E-state index contributed by atoms with van der Waals surface area (Å²) in [6.07, 6.45) is 4.49. The number of hydrogen-bond donors (Lipinski definition) is 1. The van der Waals surface area contributed by atoms with Crippen molar-refractivity contribution in [1.82, 2.24) is 4.98 Å². The van der Waals surface area contributed by atoms with E-state index >= 15 is 0 Å². The van der Waals surface area contributed by atoms with Crippen LogP contribution < -0.4 is 5.73 Å². The minimum atomic E-state index is -3.81. The fraction of sp³-hybridized carbons (Fsp3) is 0.217. The Kier molecular flexibility index (Phi) is 7.84. The summed E-state index contributed by atoms with van der Waals surface area (Å²) in [6, 6.07) is 14.0. The number of benzene rings is 2. The third-order valence-electron chi connectivity index (χ3n) is 4.86. The molecule has 0 saturated heterocycles. The van der Waals surface area contributed by atoms with E-state index in [0.29, 0.717) is 24.1 Å². The molecule has 0 aliphatic rings. The van der Waals surface area contributed by atoms with Gasteiger partial charge in [-0.15, -0.1) is 0 Å². The third kappa shape index (κ3) is 5.92. The number of rotatable bonds is 9. The molecular weight excluding hydrogens is 455 g/mol. The Morgan fingerprint density at radius 2 is 1.58 bits per heavy atom. The third-order valence-corrected chi connectivity index (χ3v) is 7.49. The summed E-state index contributed by atoms with van der Waals surface area (Å²) < 4.78 is 25.7. The van der Waals surface area contributed by atoms with Crippen LogP contribution in [0.3, 0.4) is 0 Å². The summed E-state index contributed by atoms with van der Waals surface area (Å²) in [5.41, 5.74) is 8.64. The van der Waals surface area contributed by atoms with Crippen molar-refractivity contribution in [2.45, 2.75) is 29.9 Å². The largest absolute Gasteiger partial charge is 0.330 e. The molecule has 0 bridgehead atoms. The molecule has 0 unspecified atom stereocenters. The molecule has 2 N–H and O–H groups in total. The first-order valence-corrected chi connectivity index (χ1v) is 12.1. The second-order valence-electron chi connectivity index (χ2n) is 7.12. The van der Waals surface area contributed by atoms with Crippen LogP contribution in [0.2, 0.25) is 10.0 Å². The van der Waals surface area contributed by atoms with Gasteiger partial charge in [-0.3, -0.25) is 9.78 Å². The van der Waals surface area contributed by atoms with Gasteiger partial charge in [-0.1, -0.05) is 53.5 Å². The highest BCUT2D eigenvalue weighted by molar-refractivity contribution is 7.90. The summed E-state index contributed by atoms with van der Waals surface area (Å²) in [6.45, 7) is 0.543. The number of Topliss-reactive ketones (excluding diaryl/α,β-unsaturated/α-hetero) is 1. The normalized spacial score (nSPS) is 11.5. The Hall–Kier alpha value is -2.25. The van der Waals surface area contributed by atoms with Gasteiger partial charge < -0.3 is 5.73 Å². The van der Waals surface area contributed by atoms with Crippen molar-refractivity contribution < 1.29 is 13.2 Å². The zero-order valence-corrected chi connectivity index (χ0v) is 19.1. The van der Waals surface area contributed by atoms with Gasteiger partial charge in [0.1, 0.15) is 4.90 Å². The predicted octanol–water partition coefficient (Wildman–Crippen LogP) is 4.68. The molecule has 0 radical (unpaired) electrons. The van der Waals surface area contributed by atoms with Crippen molar-refractivity contribution >= 4 is 38.8 Å². The molecule has 0 spiro atoms. The molecule has 0 aliphatic carbocycles. The van der Waals surface area contributed by atoms with E-state index in [9.17, 15) is 13.2 Å². The van der Waals surface area contributed by atoms with Crippen molar-refractivity contribution in [3.05, 3.63) is 93.2 Å². The molecule has 1 aromatic heterocycles. The lowest BCUT2D eigenvalue weighted by molar-refractivity contribution is 0.0982. The predicted molar refractivity (Wildman–Crippen MR) is 123 cm³/mol. The van der Waals surface area contributed by atoms with Crippen molar-refractivity contribution in [1.29, 1.82) is 0 Å². The van der Waals surface area contributed by atoms with Gasteiger partial charge in [0.2, 0.25) is 0 Å². The first-order chi connectivity index (χ1) is 14.8. The van der Waals surface area contributed by atoms with Gasteiger partial charge in [0, 0.05) is 24.4 Å². The van der Waals surface area contributed by atoms with Gasteiger partial charge in [-0.25, -0.2) is 8.42 Å². The van der Waals surface area contributed by atoms with Gasteiger partial charge in [0.15, 0.2) is 15.6 Å². The number of nitrogens with zero attached hydrogens (tertiary/aromatic N) is 1. The molecule has 8 heteroatoms.